The molecule has 4 aromatic carbocycles. The van der Waals surface area contributed by atoms with E-state index in [0.717, 1.165) is 48.8 Å². The van der Waals surface area contributed by atoms with Gasteiger partial charge in [-0.2, -0.15) is 0 Å². The summed E-state index contributed by atoms with van der Waals surface area (Å²) in [5, 5.41) is 3.92. The minimum absolute atomic E-state index is 0.0105. The average Bonchev–Trinajstić information content (AvgIpc) is 3.11. The molecule has 0 saturated heterocycles. The monoisotopic (exact) mass is 719 g/mol. The van der Waals surface area contributed by atoms with Crippen molar-refractivity contribution in [2.75, 3.05) is 10.8 Å². The number of nitrogens with zero attached hydrogens (tertiary/aromatic N) is 2. The van der Waals surface area contributed by atoms with E-state index in [1.807, 2.05) is 56.3 Å². The smallest absolute Gasteiger partial charge is 0.264 e. The number of benzene rings is 4. The molecule has 4 aromatic rings. The van der Waals surface area contributed by atoms with Gasteiger partial charge < -0.3 is 10.2 Å². The number of nitrogens with one attached hydrogen (secondary N) is 1. The van der Waals surface area contributed by atoms with Crippen LogP contribution < -0.4 is 9.62 Å². The molecule has 5 rings (SSSR count). The highest BCUT2D eigenvalue weighted by atomic mass is 35.5. The summed E-state index contributed by atoms with van der Waals surface area (Å²) in [6.45, 7) is 3.32. The third kappa shape index (κ3) is 9.24. The van der Waals surface area contributed by atoms with Gasteiger partial charge in [0.05, 0.1) is 20.6 Å². The van der Waals surface area contributed by atoms with Crippen LogP contribution in [0.15, 0.2) is 102 Å². The van der Waals surface area contributed by atoms with Crippen LogP contribution in [0.2, 0.25) is 10.0 Å². The topological polar surface area (TPSA) is 86.8 Å². The minimum Gasteiger partial charge on any atom is -0.352 e. The number of carbonyl (C=O) groups excluding carboxylic acids is 2. The normalized spacial score (nSPS) is 14.2. The van der Waals surface area contributed by atoms with E-state index in [9.17, 15) is 18.0 Å². The molecule has 1 N–H and O–H groups in total. The standard InChI is InChI=1S/C39H43Cl2N3O4S/c1-3-31-14-10-11-17-36(31)44(49(47,48)33-21-18-28(2)19-22-33)27-38(45)43(26-30-20-23-34(40)35(41)24-30)37(25-29-12-6-4-7-13-29)39(46)42-32-15-8-5-9-16-32/h4,6-7,10-14,17-24,32,37H,3,5,8-9,15-16,25-27H2,1-2H3,(H,42,46)/t37-/m0/s1. The highest BCUT2D eigenvalue weighted by Gasteiger charge is 2.36. The number of hydrogen-bond acceptors (Lipinski definition) is 4. The Balaban J connectivity index is 1.59. The molecule has 1 atom stereocenters. The van der Waals surface area contributed by atoms with Crippen LogP contribution in [-0.2, 0) is 39.0 Å². The maximum atomic E-state index is 14.8. The predicted octanol–water partition coefficient (Wildman–Crippen LogP) is 8.15. The number of amides is 2. The molecule has 7 nitrogen and oxygen atoms in total. The lowest BCUT2D eigenvalue weighted by molar-refractivity contribution is -0.140. The first-order valence-electron chi connectivity index (χ1n) is 16.8. The van der Waals surface area contributed by atoms with Crippen LogP contribution in [0.3, 0.4) is 0 Å². The Kier molecular flexibility index (Phi) is 12.4. The maximum absolute atomic E-state index is 14.8. The van der Waals surface area contributed by atoms with E-state index >= 15 is 0 Å². The molecule has 0 aliphatic heterocycles. The van der Waals surface area contributed by atoms with Gasteiger partial charge in [0.2, 0.25) is 11.8 Å². The lowest BCUT2D eigenvalue weighted by Crippen LogP contribution is -2.55. The van der Waals surface area contributed by atoms with Crippen LogP contribution in [0.25, 0.3) is 0 Å². The van der Waals surface area contributed by atoms with Gasteiger partial charge in [0, 0.05) is 19.0 Å². The van der Waals surface area contributed by atoms with Gasteiger partial charge in [-0.05, 0) is 73.2 Å². The summed E-state index contributed by atoms with van der Waals surface area (Å²) in [6.07, 6.45) is 5.74. The van der Waals surface area contributed by atoms with Gasteiger partial charge in [-0.15, -0.1) is 0 Å². The van der Waals surface area contributed by atoms with Crippen LogP contribution >= 0.6 is 23.2 Å². The molecule has 2 amide bonds. The van der Waals surface area contributed by atoms with E-state index in [0.29, 0.717) is 27.7 Å². The van der Waals surface area contributed by atoms with Crippen molar-refractivity contribution >= 4 is 50.7 Å². The third-order valence-electron chi connectivity index (χ3n) is 9.09. The number of anilines is 1. The van der Waals surface area contributed by atoms with E-state index in [-0.39, 0.29) is 29.8 Å². The molecule has 10 heteroatoms. The second kappa shape index (κ2) is 16.7. The van der Waals surface area contributed by atoms with Crippen LogP contribution in [0, 0.1) is 6.92 Å². The van der Waals surface area contributed by atoms with Crippen molar-refractivity contribution in [3.63, 3.8) is 0 Å². The number of aryl methyl sites for hydroxylation is 2. The maximum Gasteiger partial charge on any atom is 0.264 e. The van der Waals surface area contributed by atoms with Crippen LogP contribution in [0.4, 0.5) is 5.69 Å². The SMILES string of the molecule is CCc1ccccc1N(CC(=O)N(Cc1ccc(Cl)c(Cl)c1)[C@@H](Cc1ccccc1)C(=O)NC1CCCCC1)S(=O)(=O)c1ccc(C)cc1. The summed E-state index contributed by atoms with van der Waals surface area (Å²) >= 11 is 12.7. The summed E-state index contributed by atoms with van der Waals surface area (Å²) in [4.78, 5) is 30.7. The summed E-state index contributed by atoms with van der Waals surface area (Å²) in [6, 6.07) is 27.5. The Morgan fingerprint density at radius 3 is 2.18 bits per heavy atom. The summed E-state index contributed by atoms with van der Waals surface area (Å²) in [5.41, 5.74) is 3.64. The zero-order valence-electron chi connectivity index (χ0n) is 27.9. The Morgan fingerprint density at radius 2 is 1.51 bits per heavy atom. The molecule has 1 aliphatic rings. The Morgan fingerprint density at radius 1 is 0.837 bits per heavy atom. The molecule has 0 spiro atoms. The van der Waals surface area contributed by atoms with Crippen molar-refractivity contribution in [3.8, 4) is 0 Å². The fourth-order valence-corrected chi connectivity index (χ4v) is 8.11. The highest BCUT2D eigenvalue weighted by Crippen LogP contribution is 2.30. The number of para-hydroxylation sites is 1. The predicted molar refractivity (Wildman–Crippen MR) is 197 cm³/mol. The molecule has 1 saturated carbocycles. The third-order valence-corrected chi connectivity index (χ3v) is 11.6. The first-order chi connectivity index (χ1) is 23.6. The highest BCUT2D eigenvalue weighted by molar-refractivity contribution is 7.92. The zero-order valence-corrected chi connectivity index (χ0v) is 30.3. The number of sulfonamides is 1. The van der Waals surface area contributed by atoms with Crippen molar-refractivity contribution in [2.24, 2.45) is 0 Å². The lowest BCUT2D eigenvalue weighted by Gasteiger charge is -2.35. The van der Waals surface area contributed by atoms with E-state index < -0.39 is 28.5 Å². The van der Waals surface area contributed by atoms with Crippen molar-refractivity contribution in [3.05, 3.63) is 129 Å². The molecule has 1 fully saturated rings. The van der Waals surface area contributed by atoms with E-state index in [4.69, 9.17) is 23.2 Å². The molecule has 0 bridgehead atoms. The molecule has 1 aliphatic carbocycles. The molecule has 0 unspecified atom stereocenters. The molecular formula is C39H43Cl2N3O4S. The van der Waals surface area contributed by atoms with Gasteiger partial charge >= 0.3 is 0 Å². The molecule has 0 aromatic heterocycles. The molecular weight excluding hydrogens is 677 g/mol. The number of halogens is 2. The van der Waals surface area contributed by atoms with Crippen LogP contribution in [-0.4, -0.2) is 43.8 Å². The van der Waals surface area contributed by atoms with E-state index in [1.165, 1.54) is 9.21 Å². The summed E-state index contributed by atoms with van der Waals surface area (Å²) in [7, 11) is -4.20. The number of hydrogen-bond donors (Lipinski definition) is 1. The number of carbonyl (C=O) groups is 2. The lowest BCUT2D eigenvalue weighted by atomic mass is 9.94. The van der Waals surface area contributed by atoms with Crippen LogP contribution in [0.1, 0.15) is 61.3 Å². The molecule has 0 heterocycles. The Hall–Kier alpha value is -3.85. The fraction of sp³-hybridized carbons (Fsp3) is 0.333. The van der Waals surface area contributed by atoms with Gasteiger partial charge in [-0.1, -0.05) is 122 Å². The fourth-order valence-electron chi connectivity index (χ4n) is 6.34. The molecule has 0 radical (unpaired) electrons. The van der Waals surface area contributed by atoms with E-state index in [2.05, 4.69) is 5.32 Å². The van der Waals surface area contributed by atoms with Gasteiger partial charge in [-0.25, -0.2) is 8.42 Å². The van der Waals surface area contributed by atoms with Crippen molar-refractivity contribution in [2.45, 2.75) is 82.3 Å². The quantitative estimate of drug-likeness (QED) is 0.151. The summed E-state index contributed by atoms with van der Waals surface area (Å²) < 4.78 is 30.0. The van der Waals surface area contributed by atoms with Crippen LogP contribution in [0.5, 0.6) is 0 Å². The first kappa shape index (κ1) is 36.4. The second-order valence-corrected chi connectivity index (χ2v) is 15.3. The first-order valence-corrected chi connectivity index (χ1v) is 19.0. The molecule has 258 valence electrons. The molecule has 49 heavy (non-hydrogen) atoms. The second-order valence-electron chi connectivity index (χ2n) is 12.6. The Labute approximate surface area is 300 Å². The Bertz CT molecular complexity index is 1850. The average molecular weight is 721 g/mol. The largest absolute Gasteiger partial charge is 0.352 e. The van der Waals surface area contributed by atoms with Gasteiger partial charge in [0.25, 0.3) is 10.0 Å². The van der Waals surface area contributed by atoms with E-state index in [1.54, 1.807) is 54.6 Å². The van der Waals surface area contributed by atoms with Gasteiger partial charge in [0.1, 0.15) is 12.6 Å². The van der Waals surface area contributed by atoms with Crippen molar-refractivity contribution in [1.29, 1.82) is 0 Å². The zero-order chi connectivity index (χ0) is 35.0. The summed E-state index contributed by atoms with van der Waals surface area (Å²) in [5.74, 6) is -0.793. The van der Waals surface area contributed by atoms with Gasteiger partial charge in [0.15, 0.2) is 0 Å². The minimum atomic E-state index is -4.20. The van der Waals surface area contributed by atoms with Crippen molar-refractivity contribution < 1.29 is 18.0 Å². The van der Waals surface area contributed by atoms with Gasteiger partial charge in [-0.3, -0.25) is 13.9 Å². The van der Waals surface area contributed by atoms with Crippen molar-refractivity contribution in [1.82, 2.24) is 10.2 Å². The number of rotatable bonds is 13.